The Morgan fingerprint density at radius 2 is 1.13 bits per heavy atom. The Hall–Kier alpha value is -2.23. The molecule has 0 aromatic heterocycles. The molecule has 0 bridgehead atoms. The van der Waals surface area contributed by atoms with E-state index in [4.69, 9.17) is 5.73 Å². The summed E-state index contributed by atoms with van der Waals surface area (Å²) in [5.41, 5.74) is 9.70. The first kappa shape index (κ1) is 27.8. The van der Waals surface area contributed by atoms with Crippen LogP contribution >= 0.6 is 0 Å². The second-order valence-electron chi connectivity index (χ2n) is 5.81. The van der Waals surface area contributed by atoms with E-state index in [1.54, 1.807) is 24.3 Å². The molecule has 3 aromatic rings. The van der Waals surface area contributed by atoms with Crippen LogP contribution in [-0.2, 0) is 20.0 Å². The van der Waals surface area contributed by atoms with Gasteiger partial charge >= 0.3 is 95.6 Å². The van der Waals surface area contributed by atoms with Crippen LogP contribution < -0.4 is 24.8 Å². The van der Waals surface area contributed by atoms with Gasteiger partial charge in [-0.25, -0.2) is 12.2 Å². The van der Waals surface area contributed by atoms with Crippen molar-refractivity contribution in [3.8, 4) is 0 Å². The standard InChI is InChI=1S/C13H10.C7H7NO.C5H5.2ClH.Ti/c1-3-7-12(8-4-1)11-13-9-5-2-6-10-13;8-7(9)6-4-2-1-3-5-6;1-2-4-5-3-1;;;/h1-10H;1-5H,(H2,8,9);1-3H,4H2;2*1H;/q;;-1;;;+2/p-3. The van der Waals surface area contributed by atoms with Crippen molar-refractivity contribution in [2.75, 3.05) is 0 Å². The van der Waals surface area contributed by atoms with E-state index in [1.165, 1.54) is 14.9 Å². The van der Waals surface area contributed by atoms with Gasteiger partial charge in [0.25, 0.3) is 0 Å². The van der Waals surface area contributed by atoms with Crippen LogP contribution in [-0.4, -0.2) is 9.72 Å². The summed E-state index contributed by atoms with van der Waals surface area (Å²) >= 11 is 2.16. The fraction of sp³-hybridized carbons (Fsp3) is 0.0400. The van der Waals surface area contributed by atoms with Gasteiger partial charge in [0.2, 0.25) is 0 Å². The monoisotopic (exact) mass is 469 g/mol. The summed E-state index contributed by atoms with van der Waals surface area (Å²) in [6, 6.07) is 29.5. The fourth-order valence-electron chi connectivity index (χ4n) is 2.31. The Kier molecular flexibility index (Phi) is 15.3. The van der Waals surface area contributed by atoms with Crippen molar-refractivity contribution in [1.29, 1.82) is 0 Å². The molecule has 1 N–H and O–H groups in total. The molecule has 0 aliphatic heterocycles. The van der Waals surface area contributed by atoms with Crippen molar-refractivity contribution >= 4 is 9.72 Å². The maximum absolute atomic E-state index is 10.3. The second kappa shape index (κ2) is 16.6. The van der Waals surface area contributed by atoms with Gasteiger partial charge in [-0.3, -0.25) is 6.08 Å². The number of rotatable bonds is 3. The molecule has 0 saturated carbocycles. The summed E-state index contributed by atoms with van der Waals surface area (Å²) < 4.78 is 1.33. The number of nitrogens with one attached hydrogen (secondary N) is 1. The normalized spacial score (nSPS) is 10.2. The summed E-state index contributed by atoms with van der Waals surface area (Å²) in [7, 11) is 0. The molecule has 5 heteroatoms. The van der Waals surface area contributed by atoms with Gasteiger partial charge in [0.05, 0.1) is 5.91 Å². The van der Waals surface area contributed by atoms with E-state index in [-0.39, 0.29) is 24.8 Å². The zero-order chi connectivity index (χ0) is 20.0. The summed E-state index contributed by atoms with van der Waals surface area (Å²) in [6.45, 7) is 0. The molecular weight excluding hydrogens is 449 g/mol. The molecule has 2 nitrogen and oxygen atoms in total. The number of hydrogen-bond acceptors (Lipinski definition) is 1. The van der Waals surface area contributed by atoms with Crippen LogP contribution in [0.4, 0.5) is 0 Å². The molecular formula is C25H21Cl2NOTi-2. The molecule has 0 atom stereocenters. The molecule has 3 aromatic carbocycles. The number of amides is 1. The first-order chi connectivity index (χ1) is 13.7. The molecule has 0 unspecified atom stereocenters. The average molecular weight is 470 g/mol. The van der Waals surface area contributed by atoms with Crippen LogP contribution in [0.5, 0.6) is 0 Å². The number of halogens is 2. The predicted molar refractivity (Wildman–Crippen MR) is 113 cm³/mol. The number of allylic oxidation sites excluding steroid dienone is 4. The van der Waals surface area contributed by atoms with Crippen LogP contribution in [0.2, 0.25) is 0 Å². The molecule has 0 radical (unpaired) electrons. The maximum atomic E-state index is 10.3. The Morgan fingerprint density at radius 1 is 0.733 bits per heavy atom. The number of benzene rings is 3. The van der Waals surface area contributed by atoms with Crippen LogP contribution in [0.15, 0.2) is 109 Å². The quantitative estimate of drug-likeness (QED) is 0.393. The Labute approximate surface area is 202 Å². The molecule has 1 aliphatic carbocycles. The van der Waals surface area contributed by atoms with Crippen molar-refractivity contribution in [3.05, 3.63) is 138 Å². The van der Waals surface area contributed by atoms with Crippen LogP contribution in [0.3, 0.4) is 0 Å². The van der Waals surface area contributed by atoms with Crippen molar-refractivity contribution in [2.45, 2.75) is 6.42 Å². The van der Waals surface area contributed by atoms with E-state index in [2.05, 4.69) is 80.7 Å². The first-order valence-corrected chi connectivity index (χ1v) is 9.68. The van der Waals surface area contributed by atoms with Crippen molar-refractivity contribution in [2.24, 2.45) is 0 Å². The molecule has 1 amide bonds. The molecule has 1 aliphatic rings. The Morgan fingerprint density at radius 3 is 1.37 bits per heavy atom. The Bertz CT molecular complexity index is 876. The topological polar surface area (TPSA) is 40.9 Å². The molecule has 0 heterocycles. The van der Waals surface area contributed by atoms with Crippen LogP contribution in [0, 0.1) is 6.08 Å². The van der Waals surface area contributed by atoms with E-state index >= 15 is 0 Å². The van der Waals surface area contributed by atoms with E-state index in [0.717, 1.165) is 6.42 Å². The third-order valence-corrected chi connectivity index (χ3v) is 4.65. The number of carbonyl (C=O) groups is 1. The molecule has 4 rings (SSSR count). The molecule has 0 fully saturated rings. The second-order valence-corrected chi connectivity index (χ2v) is 6.59. The van der Waals surface area contributed by atoms with Crippen LogP contribution in [0.1, 0.15) is 27.9 Å². The first-order valence-electron chi connectivity index (χ1n) is 8.90. The third kappa shape index (κ3) is 10.5. The third-order valence-electron chi connectivity index (χ3n) is 3.75. The van der Waals surface area contributed by atoms with Gasteiger partial charge in [-0.2, -0.15) is 6.08 Å². The summed E-state index contributed by atoms with van der Waals surface area (Å²) in [5.74, 6) is -0.629. The predicted octanol–water partition coefficient (Wildman–Crippen LogP) is -0.00511. The fourth-order valence-corrected chi connectivity index (χ4v) is 2.83. The Balaban J connectivity index is 0.000000454. The van der Waals surface area contributed by atoms with Crippen LogP contribution in [0.25, 0.3) is 5.73 Å². The molecule has 30 heavy (non-hydrogen) atoms. The molecule has 0 spiro atoms. The summed E-state index contributed by atoms with van der Waals surface area (Å²) in [4.78, 5) is 10.3. The van der Waals surface area contributed by atoms with Gasteiger partial charge in [-0.05, 0) is 5.56 Å². The van der Waals surface area contributed by atoms with E-state index in [9.17, 15) is 4.79 Å². The zero-order valence-corrected chi connectivity index (χ0v) is 19.3. The van der Waals surface area contributed by atoms with Gasteiger partial charge in [-0.15, -0.1) is 6.42 Å². The van der Waals surface area contributed by atoms with Crippen molar-refractivity contribution in [1.82, 2.24) is 0 Å². The number of hydrogen-bond donors (Lipinski definition) is 0. The van der Waals surface area contributed by atoms with Gasteiger partial charge < -0.3 is 35.3 Å². The van der Waals surface area contributed by atoms with Gasteiger partial charge in [0.1, 0.15) is 0 Å². The zero-order valence-electron chi connectivity index (χ0n) is 16.3. The summed E-state index contributed by atoms with van der Waals surface area (Å²) in [6.07, 6.45) is 10.0. The van der Waals surface area contributed by atoms with Gasteiger partial charge in [-0.1, -0.05) is 30.3 Å². The van der Waals surface area contributed by atoms with Crippen molar-refractivity contribution < 1.29 is 49.6 Å². The molecule has 0 saturated heterocycles. The van der Waals surface area contributed by atoms with E-state index in [0.29, 0.717) is 5.56 Å². The van der Waals surface area contributed by atoms with Gasteiger partial charge in [0.15, 0.2) is 0 Å². The van der Waals surface area contributed by atoms with Crippen molar-refractivity contribution in [3.63, 3.8) is 0 Å². The summed E-state index contributed by atoms with van der Waals surface area (Å²) in [5, 5.41) is 0. The SMILES string of the molecule is [C-]1=CC=CC1.[Cl-].[Cl-].[NH-]C(=O)c1ccccc1.[Ti+2]=[C](c1ccccc1)c1ccccc1. The van der Waals surface area contributed by atoms with E-state index < -0.39 is 5.91 Å². The minimum absolute atomic E-state index is 0. The van der Waals surface area contributed by atoms with E-state index in [1.807, 2.05) is 30.4 Å². The number of carbonyl (C=O) groups excluding carboxylic acids is 1. The molecule has 152 valence electrons. The average Bonchev–Trinajstić information content (AvgIpc) is 3.36. The van der Waals surface area contributed by atoms with Gasteiger partial charge in [0, 0.05) is 0 Å². The minimum atomic E-state index is -0.629.